The van der Waals surface area contributed by atoms with Crippen LogP contribution in [0.15, 0.2) is 75.9 Å². The molecule has 6 nitrogen and oxygen atoms in total. The van der Waals surface area contributed by atoms with Gasteiger partial charge in [-0.1, -0.05) is 28.1 Å². The number of hydrogen-bond acceptors (Lipinski definition) is 5. The largest absolute Gasteiger partial charge is 0.486 e. The zero-order valence-electron chi connectivity index (χ0n) is 14.0. The molecule has 0 saturated heterocycles. The topological polar surface area (TPSA) is 65.5 Å². The summed E-state index contributed by atoms with van der Waals surface area (Å²) in [5.74, 6) is 2.59. The number of nitrogens with zero attached hydrogens (tertiary/aromatic N) is 4. The first-order valence-electron chi connectivity index (χ1n) is 8.34. The molecule has 0 saturated carbocycles. The van der Waals surface area contributed by atoms with E-state index in [1.54, 1.807) is 10.8 Å². The van der Waals surface area contributed by atoms with Crippen molar-refractivity contribution in [3.8, 4) is 17.3 Å². The van der Waals surface area contributed by atoms with Gasteiger partial charge in [-0.3, -0.25) is 0 Å². The third kappa shape index (κ3) is 3.06. The van der Waals surface area contributed by atoms with Crippen molar-refractivity contribution in [3.05, 3.63) is 77.2 Å². The molecule has 0 fully saturated rings. The smallest absolute Gasteiger partial charge is 0.217 e. The molecule has 3 aromatic heterocycles. The van der Waals surface area contributed by atoms with Crippen molar-refractivity contribution in [1.82, 2.24) is 19.6 Å². The number of ether oxygens (including phenoxy) is 1. The van der Waals surface area contributed by atoms with Crippen LogP contribution in [0, 0.1) is 0 Å². The molecular formula is C20H13BrN4O2. The van der Waals surface area contributed by atoms with Crippen LogP contribution in [0.1, 0.15) is 5.76 Å². The number of halogens is 1. The maximum Gasteiger partial charge on any atom is 0.217 e. The predicted molar refractivity (Wildman–Crippen MR) is 104 cm³/mol. The molecule has 0 unspecified atom stereocenters. The van der Waals surface area contributed by atoms with Gasteiger partial charge in [0, 0.05) is 9.86 Å². The van der Waals surface area contributed by atoms with E-state index in [9.17, 15) is 0 Å². The van der Waals surface area contributed by atoms with Crippen molar-refractivity contribution >= 4 is 32.5 Å². The molecule has 5 aromatic rings. The predicted octanol–water partition coefficient (Wildman–Crippen LogP) is 4.88. The van der Waals surface area contributed by atoms with Crippen molar-refractivity contribution < 1.29 is 9.15 Å². The number of rotatable bonds is 4. The van der Waals surface area contributed by atoms with Gasteiger partial charge in [0.05, 0.1) is 5.52 Å². The Morgan fingerprint density at radius 2 is 1.85 bits per heavy atom. The first-order chi connectivity index (χ1) is 13.3. The molecule has 3 heterocycles. The Bertz CT molecular complexity index is 1240. The molecule has 7 heteroatoms. The minimum absolute atomic E-state index is 0.333. The van der Waals surface area contributed by atoms with E-state index in [-0.39, 0.29) is 0 Å². The quantitative estimate of drug-likeness (QED) is 0.414. The van der Waals surface area contributed by atoms with Crippen LogP contribution in [0.4, 0.5) is 0 Å². The van der Waals surface area contributed by atoms with Gasteiger partial charge in [0.1, 0.15) is 24.4 Å². The summed E-state index contributed by atoms with van der Waals surface area (Å²) >= 11 is 3.41. The fourth-order valence-electron chi connectivity index (χ4n) is 2.84. The Morgan fingerprint density at radius 1 is 1.00 bits per heavy atom. The van der Waals surface area contributed by atoms with E-state index in [2.05, 4.69) is 31.0 Å². The molecule has 0 radical (unpaired) electrons. The van der Waals surface area contributed by atoms with Gasteiger partial charge in [-0.05, 0) is 48.5 Å². The second kappa shape index (κ2) is 6.51. The normalized spacial score (nSPS) is 11.3. The Morgan fingerprint density at radius 3 is 2.74 bits per heavy atom. The van der Waals surface area contributed by atoms with E-state index < -0.39 is 0 Å². The van der Waals surface area contributed by atoms with Gasteiger partial charge in [-0.2, -0.15) is 0 Å². The van der Waals surface area contributed by atoms with Crippen molar-refractivity contribution in [2.45, 2.75) is 6.61 Å². The molecule has 0 aliphatic heterocycles. The number of fused-ring (bicyclic) bond motifs is 3. The van der Waals surface area contributed by atoms with E-state index in [0.717, 1.165) is 26.8 Å². The lowest BCUT2D eigenvalue weighted by Gasteiger charge is -2.03. The van der Waals surface area contributed by atoms with Crippen LogP contribution >= 0.6 is 15.9 Å². The highest BCUT2D eigenvalue weighted by molar-refractivity contribution is 9.10. The average molecular weight is 421 g/mol. The second-order valence-electron chi connectivity index (χ2n) is 5.97. The molecule has 0 atom stereocenters. The SMILES string of the molecule is Brc1ccc(OCc2ccc(-c3nc4c5ccccc5ncn4n3)o2)cc1. The summed E-state index contributed by atoms with van der Waals surface area (Å²) in [5.41, 5.74) is 1.63. The van der Waals surface area contributed by atoms with Crippen LogP contribution in [-0.2, 0) is 6.61 Å². The summed E-state index contributed by atoms with van der Waals surface area (Å²) in [6.07, 6.45) is 1.66. The van der Waals surface area contributed by atoms with Gasteiger partial charge in [0.15, 0.2) is 11.4 Å². The van der Waals surface area contributed by atoms with Gasteiger partial charge >= 0.3 is 0 Å². The van der Waals surface area contributed by atoms with E-state index in [1.807, 2.05) is 60.7 Å². The molecule has 0 aliphatic rings. The first kappa shape index (κ1) is 16.0. The van der Waals surface area contributed by atoms with Gasteiger partial charge in [-0.25, -0.2) is 14.5 Å². The molecule has 0 bridgehead atoms. The van der Waals surface area contributed by atoms with Crippen LogP contribution in [0.25, 0.3) is 28.1 Å². The summed E-state index contributed by atoms with van der Waals surface area (Å²) in [5, 5.41) is 5.43. The molecule has 5 rings (SSSR count). The van der Waals surface area contributed by atoms with E-state index >= 15 is 0 Å². The standard InChI is InChI=1S/C20H13BrN4O2/c21-13-5-7-14(8-6-13)26-11-15-9-10-18(27-15)19-23-20-16-3-1-2-4-17(16)22-12-25(20)24-19/h1-10,12H,11H2. The third-order valence-electron chi connectivity index (χ3n) is 4.16. The van der Waals surface area contributed by atoms with Gasteiger partial charge in [-0.15, -0.1) is 5.10 Å². The van der Waals surface area contributed by atoms with E-state index in [1.165, 1.54) is 0 Å². The Kier molecular flexibility index (Phi) is 3.86. The molecular weight excluding hydrogens is 408 g/mol. The first-order valence-corrected chi connectivity index (χ1v) is 9.13. The Hall–Kier alpha value is -3.19. The molecule has 0 amide bonds. The van der Waals surface area contributed by atoms with E-state index in [4.69, 9.17) is 9.15 Å². The summed E-state index contributed by atoms with van der Waals surface area (Å²) < 4.78 is 14.3. The van der Waals surface area contributed by atoms with Crippen LogP contribution in [0.3, 0.4) is 0 Å². The van der Waals surface area contributed by atoms with Gasteiger partial charge in [0.2, 0.25) is 5.82 Å². The molecule has 2 aromatic carbocycles. The summed E-state index contributed by atoms with van der Waals surface area (Å²) in [4.78, 5) is 9.02. The summed E-state index contributed by atoms with van der Waals surface area (Å²) in [6, 6.07) is 19.2. The minimum Gasteiger partial charge on any atom is -0.486 e. The van der Waals surface area contributed by atoms with Crippen LogP contribution in [0.5, 0.6) is 5.75 Å². The minimum atomic E-state index is 0.333. The molecule has 0 N–H and O–H groups in total. The Labute approximate surface area is 162 Å². The fraction of sp³-hybridized carbons (Fsp3) is 0.0500. The zero-order chi connectivity index (χ0) is 18.2. The number of para-hydroxylation sites is 1. The highest BCUT2D eigenvalue weighted by Gasteiger charge is 2.13. The Balaban J connectivity index is 1.42. The van der Waals surface area contributed by atoms with Crippen molar-refractivity contribution in [3.63, 3.8) is 0 Å². The van der Waals surface area contributed by atoms with Gasteiger partial charge < -0.3 is 9.15 Å². The van der Waals surface area contributed by atoms with Crippen molar-refractivity contribution in [1.29, 1.82) is 0 Å². The lowest BCUT2D eigenvalue weighted by Crippen LogP contribution is -1.93. The van der Waals surface area contributed by atoms with Crippen LogP contribution in [-0.4, -0.2) is 19.6 Å². The number of furan rings is 1. The average Bonchev–Trinajstić information content (AvgIpc) is 3.34. The maximum atomic E-state index is 5.86. The summed E-state index contributed by atoms with van der Waals surface area (Å²) in [6.45, 7) is 0.333. The fourth-order valence-corrected chi connectivity index (χ4v) is 3.11. The number of benzene rings is 2. The zero-order valence-corrected chi connectivity index (χ0v) is 15.6. The monoisotopic (exact) mass is 420 g/mol. The van der Waals surface area contributed by atoms with Crippen LogP contribution in [0.2, 0.25) is 0 Å². The highest BCUT2D eigenvalue weighted by atomic mass is 79.9. The third-order valence-corrected chi connectivity index (χ3v) is 4.69. The number of aromatic nitrogens is 4. The van der Waals surface area contributed by atoms with Crippen molar-refractivity contribution in [2.75, 3.05) is 0 Å². The lowest BCUT2D eigenvalue weighted by atomic mass is 10.2. The summed E-state index contributed by atoms with van der Waals surface area (Å²) in [7, 11) is 0. The van der Waals surface area contributed by atoms with E-state index in [0.29, 0.717) is 24.0 Å². The molecule has 132 valence electrons. The van der Waals surface area contributed by atoms with Crippen molar-refractivity contribution in [2.24, 2.45) is 0 Å². The maximum absolute atomic E-state index is 5.86. The van der Waals surface area contributed by atoms with Crippen LogP contribution < -0.4 is 4.74 Å². The van der Waals surface area contributed by atoms with Gasteiger partial charge in [0.25, 0.3) is 0 Å². The molecule has 0 spiro atoms. The lowest BCUT2D eigenvalue weighted by molar-refractivity contribution is 0.271. The number of hydrogen-bond donors (Lipinski definition) is 0. The molecule has 0 aliphatic carbocycles. The highest BCUT2D eigenvalue weighted by Crippen LogP contribution is 2.24. The second-order valence-corrected chi connectivity index (χ2v) is 6.89. The molecule has 27 heavy (non-hydrogen) atoms.